The van der Waals surface area contributed by atoms with E-state index in [1.165, 1.54) is 6.08 Å². The van der Waals surface area contributed by atoms with Crippen molar-refractivity contribution in [3.8, 4) is 0 Å². The van der Waals surface area contributed by atoms with Gasteiger partial charge in [-0.15, -0.1) is 11.6 Å². The van der Waals surface area contributed by atoms with Gasteiger partial charge in [-0.25, -0.2) is 4.79 Å². The minimum Gasteiger partial charge on any atom is -0.313 e. The highest BCUT2D eigenvalue weighted by Crippen LogP contribution is 2.22. The first-order valence-electron chi connectivity index (χ1n) is 6.61. The molecular weight excluding hydrogens is 333 g/mol. The summed E-state index contributed by atoms with van der Waals surface area (Å²) in [6.45, 7) is 0. The minimum atomic E-state index is -0.567. The van der Waals surface area contributed by atoms with E-state index < -0.39 is 5.97 Å². The van der Waals surface area contributed by atoms with Crippen LogP contribution in [-0.2, 0) is 9.63 Å². The fraction of sp³-hybridized carbons (Fsp3) is 0.333. The van der Waals surface area contributed by atoms with Crippen LogP contribution in [0.4, 0.5) is 0 Å². The molecule has 0 aromatic heterocycles. The SMILES string of the molecule is O=C(C=Cc1ccc(Cl)cc1Cl)ON=C1CCCCC1Cl. The zero-order valence-electron chi connectivity index (χ0n) is 11.2. The second kappa shape index (κ2) is 7.83. The predicted molar refractivity (Wildman–Crippen MR) is 87.1 cm³/mol. The zero-order chi connectivity index (χ0) is 15.2. The molecule has 1 atom stereocenters. The number of oxime groups is 1. The molecule has 0 N–H and O–H groups in total. The van der Waals surface area contributed by atoms with Crippen LogP contribution in [0.25, 0.3) is 6.08 Å². The van der Waals surface area contributed by atoms with E-state index in [0.29, 0.717) is 15.6 Å². The summed E-state index contributed by atoms with van der Waals surface area (Å²) in [5, 5.41) is 4.71. The smallest absolute Gasteiger partial charge is 0.313 e. The van der Waals surface area contributed by atoms with Gasteiger partial charge in [-0.1, -0.05) is 40.8 Å². The Labute approximate surface area is 138 Å². The van der Waals surface area contributed by atoms with E-state index in [0.717, 1.165) is 31.4 Å². The van der Waals surface area contributed by atoms with Gasteiger partial charge in [0.2, 0.25) is 0 Å². The van der Waals surface area contributed by atoms with Gasteiger partial charge in [0.25, 0.3) is 0 Å². The average Bonchev–Trinajstić information content (AvgIpc) is 2.45. The second-order valence-corrected chi connectivity index (χ2v) is 6.08. The summed E-state index contributed by atoms with van der Waals surface area (Å²) in [7, 11) is 0. The Morgan fingerprint density at radius 3 is 2.86 bits per heavy atom. The predicted octanol–water partition coefficient (Wildman–Crippen LogP) is 5.09. The van der Waals surface area contributed by atoms with Crippen molar-refractivity contribution >= 4 is 52.6 Å². The summed E-state index contributed by atoms with van der Waals surface area (Å²) in [5.74, 6) is -0.567. The maximum Gasteiger partial charge on any atom is 0.358 e. The number of halogens is 3. The number of benzene rings is 1. The lowest BCUT2D eigenvalue weighted by Gasteiger charge is -2.16. The molecule has 1 aromatic rings. The summed E-state index contributed by atoms with van der Waals surface area (Å²) in [6, 6.07) is 5.02. The molecule has 0 amide bonds. The fourth-order valence-electron chi connectivity index (χ4n) is 1.98. The summed E-state index contributed by atoms with van der Waals surface area (Å²) in [6.07, 6.45) is 6.57. The Morgan fingerprint density at radius 1 is 1.33 bits per heavy atom. The van der Waals surface area contributed by atoms with Crippen LogP contribution in [0.15, 0.2) is 29.4 Å². The van der Waals surface area contributed by atoms with E-state index in [4.69, 9.17) is 39.6 Å². The maximum absolute atomic E-state index is 11.6. The molecule has 0 aliphatic heterocycles. The van der Waals surface area contributed by atoms with Crippen molar-refractivity contribution in [1.82, 2.24) is 0 Å². The van der Waals surface area contributed by atoms with Gasteiger partial charge in [0.05, 0.1) is 11.1 Å². The largest absolute Gasteiger partial charge is 0.358 e. The number of carbonyl (C=O) groups excluding carboxylic acids is 1. The third kappa shape index (κ3) is 5.03. The summed E-state index contributed by atoms with van der Waals surface area (Å²) in [4.78, 5) is 16.5. The van der Waals surface area contributed by atoms with E-state index in [-0.39, 0.29) is 5.38 Å². The summed E-state index contributed by atoms with van der Waals surface area (Å²) >= 11 is 17.9. The number of alkyl halides is 1. The van der Waals surface area contributed by atoms with Crippen LogP contribution in [0.5, 0.6) is 0 Å². The molecule has 6 heteroatoms. The van der Waals surface area contributed by atoms with Crippen LogP contribution in [0, 0.1) is 0 Å². The highest BCUT2D eigenvalue weighted by atomic mass is 35.5. The quantitative estimate of drug-likeness (QED) is 0.331. The van der Waals surface area contributed by atoms with Gasteiger partial charge >= 0.3 is 5.97 Å². The first kappa shape index (κ1) is 16.3. The van der Waals surface area contributed by atoms with Crippen molar-refractivity contribution in [3.05, 3.63) is 39.9 Å². The van der Waals surface area contributed by atoms with Gasteiger partial charge < -0.3 is 4.84 Å². The number of nitrogens with zero attached hydrogens (tertiary/aromatic N) is 1. The van der Waals surface area contributed by atoms with Crippen LogP contribution in [0.3, 0.4) is 0 Å². The first-order chi connectivity index (χ1) is 10.1. The van der Waals surface area contributed by atoms with Gasteiger partial charge in [-0.3, -0.25) is 0 Å². The lowest BCUT2D eigenvalue weighted by atomic mass is 9.98. The topological polar surface area (TPSA) is 38.7 Å². The fourth-order valence-corrected chi connectivity index (χ4v) is 2.76. The normalized spacial score (nSPS) is 20.9. The molecule has 0 heterocycles. The van der Waals surface area contributed by atoms with E-state index >= 15 is 0 Å². The average molecular weight is 347 g/mol. The van der Waals surface area contributed by atoms with Crippen molar-refractivity contribution in [3.63, 3.8) is 0 Å². The Hall–Kier alpha value is -1.03. The monoisotopic (exact) mass is 345 g/mol. The molecule has 1 aromatic carbocycles. The molecule has 3 nitrogen and oxygen atoms in total. The van der Waals surface area contributed by atoms with Crippen molar-refractivity contribution < 1.29 is 9.63 Å². The van der Waals surface area contributed by atoms with Crippen molar-refractivity contribution in [2.45, 2.75) is 31.1 Å². The molecule has 1 unspecified atom stereocenters. The molecule has 1 aliphatic carbocycles. The first-order valence-corrected chi connectivity index (χ1v) is 7.80. The van der Waals surface area contributed by atoms with Gasteiger partial charge in [0.1, 0.15) is 0 Å². The van der Waals surface area contributed by atoms with Crippen molar-refractivity contribution in [1.29, 1.82) is 0 Å². The highest BCUT2D eigenvalue weighted by Gasteiger charge is 2.18. The molecule has 1 saturated carbocycles. The van der Waals surface area contributed by atoms with Gasteiger partial charge in [-0.05, 0) is 43.0 Å². The van der Waals surface area contributed by atoms with Crippen LogP contribution >= 0.6 is 34.8 Å². The van der Waals surface area contributed by atoms with Gasteiger partial charge in [-0.2, -0.15) is 0 Å². The molecule has 112 valence electrons. The molecule has 0 bridgehead atoms. The van der Waals surface area contributed by atoms with E-state index in [1.807, 2.05) is 0 Å². The second-order valence-electron chi connectivity index (χ2n) is 4.71. The van der Waals surface area contributed by atoms with Crippen LogP contribution in [-0.4, -0.2) is 17.1 Å². The lowest BCUT2D eigenvalue weighted by Crippen LogP contribution is -2.20. The number of carbonyl (C=O) groups is 1. The van der Waals surface area contributed by atoms with E-state index in [1.54, 1.807) is 24.3 Å². The molecule has 1 fully saturated rings. The maximum atomic E-state index is 11.6. The lowest BCUT2D eigenvalue weighted by molar-refractivity contribution is -0.137. The van der Waals surface area contributed by atoms with E-state index in [9.17, 15) is 4.79 Å². The van der Waals surface area contributed by atoms with Crippen molar-refractivity contribution in [2.75, 3.05) is 0 Å². The molecular formula is C15H14Cl3NO2. The Balaban J connectivity index is 1.95. The van der Waals surface area contributed by atoms with Crippen LogP contribution in [0.2, 0.25) is 10.0 Å². The summed E-state index contributed by atoms with van der Waals surface area (Å²) < 4.78 is 0. The number of rotatable bonds is 3. The Morgan fingerprint density at radius 2 is 2.14 bits per heavy atom. The Bertz CT molecular complexity index is 584. The number of hydrogen-bond acceptors (Lipinski definition) is 3. The van der Waals surface area contributed by atoms with Crippen molar-refractivity contribution in [2.24, 2.45) is 5.16 Å². The Kier molecular flexibility index (Phi) is 6.09. The minimum absolute atomic E-state index is 0.138. The molecule has 2 rings (SSSR count). The third-order valence-corrected chi connectivity index (χ3v) is 4.15. The summed E-state index contributed by atoms with van der Waals surface area (Å²) in [5.41, 5.74) is 1.41. The molecule has 0 spiro atoms. The molecule has 0 radical (unpaired) electrons. The standard InChI is InChI=1S/C15H14Cl3NO2/c16-11-7-5-10(13(18)9-11)6-8-15(20)21-19-14-4-2-1-3-12(14)17/h5-9,12H,1-4H2. The molecule has 0 saturated heterocycles. The van der Waals surface area contributed by atoms with E-state index in [2.05, 4.69) is 5.16 Å². The molecule has 1 aliphatic rings. The molecule has 21 heavy (non-hydrogen) atoms. The van der Waals surface area contributed by atoms with Crippen LogP contribution in [0.1, 0.15) is 31.2 Å². The van der Waals surface area contributed by atoms with Gasteiger partial charge in [0.15, 0.2) is 0 Å². The zero-order valence-corrected chi connectivity index (χ0v) is 13.5. The highest BCUT2D eigenvalue weighted by molar-refractivity contribution is 6.35. The number of hydrogen-bond donors (Lipinski definition) is 0. The van der Waals surface area contributed by atoms with Crippen LogP contribution < -0.4 is 0 Å². The van der Waals surface area contributed by atoms with Gasteiger partial charge in [0, 0.05) is 16.1 Å². The third-order valence-electron chi connectivity index (χ3n) is 3.12.